The molecule has 1 rings (SSSR count). The predicted molar refractivity (Wildman–Crippen MR) is 69.4 cm³/mol. The van der Waals surface area contributed by atoms with Crippen molar-refractivity contribution in [3.8, 4) is 0 Å². The van der Waals surface area contributed by atoms with Crippen LogP contribution in [0.25, 0.3) is 0 Å². The normalized spacial score (nSPS) is 12.4. The van der Waals surface area contributed by atoms with Gasteiger partial charge in [0, 0.05) is 17.9 Å². The van der Waals surface area contributed by atoms with Crippen molar-refractivity contribution in [3.05, 3.63) is 41.7 Å². The molecule has 1 N–H and O–H groups in total. The van der Waals surface area contributed by atoms with Gasteiger partial charge in [-0.05, 0) is 37.9 Å². The summed E-state index contributed by atoms with van der Waals surface area (Å²) < 4.78 is 0. The maximum absolute atomic E-state index is 4.35. The quantitative estimate of drug-likeness (QED) is 0.740. The number of rotatable bonds is 6. The molecule has 0 spiro atoms. The van der Waals surface area contributed by atoms with Gasteiger partial charge in [-0.25, -0.2) is 0 Å². The topological polar surface area (TPSA) is 24.9 Å². The minimum Gasteiger partial charge on any atom is -0.310 e. The lowest BCUT2D eigenvalue weighted by molar-refractivity contribution is 0.538. The molecule has 1 unspecified atom stereocenters. The van der Waals surface area contributed by atoms with E-state index in [1.165, 1.54) is 11.1 Å². The maximum atomic E-state index is 4.35. The van der Waals surface area contributed by atoms with Crippen LogP contribution in [0.3, 0.4) is 0 Å². The molecule has 1 aromatic heterocycles. The molecule has 1 atom stereocenters. The molecule has 16 heavy (non-hydrogen) atoms. The van der Waals surface area contributed by atoms with Gasteiger partial charge in [0.1, 0.15) is 0 Å². The molecule has 0 bridgehead atoms. The molecule has 2 heteroatoms. The average molecular weight is 218 g/mol. The molecule has 0 saturated carbocycles. The minimum atomic E-state index is 0.353. The lowest BCUT2D eigenvalue weighted by Crippen LogP contribution is -2.22. The van der Waals surface area contributed by atoms with E-state index in [1.54, 1.807) is 0 Å². The van der Waals surface area contributed by atoms with Crippen LogP contribution in [0.5, 0.6) is 0 Å². The number of nitrogens with zero attached hydrogens (tertiary/aromatic N) is 1. The summed E-state index contributed by atoms with van der Waals surface area (Å²) in [5.41, 5.74) is 3.69. The number of aryl methyl sites for hydroxylation is 1. The van der Waals surface area contributed by atoms with Crippen LogP contribution in [0.4, 0.5) is 0 Å². The van der Waals surface area contributed by atoms with E-state index in [4.69, 9.17) is 0 Å². The third-order valence-electron chi connectivity index (χ3n) is 2.87. The SMILES string of the molecule is C=C(CC)CC(NCC)c1cccnc1C. The lowest BCUT2D eigenvalue weighted by atomic mass is 9.97. The zero-order chi connectivity index (χ0) is 12.0. The second kappa shape index (κ2) is 6.44. The molecule has 0 radical (unpaired) electrons. The van der Waals surface area contributed by atoms with Crippen LogP contribution in [0.2, 0.25) is 0 Å². The van der Waals surface area contributed by atoms with Gasteiger partial charge in [0.25, 0.3) is 0 Å². The number of nitrogens with one attached hydrogen (secondary N) is 1. The second-order valence-electron chi connectivity index (χ2n) is 4.10. The number of hydrogen-bond acceptors (Lipinski definition) is 2. The van der Waals surface area contributed by atoms with E-state index < -0.39 is 0 Å². The van der Waals surface area contributed by atoms with E-state index >= 15 is 0 Å². The highest BCUT2D eigenvalue weighted by Gasteiger charge is 2.13. The zero-order valence-electron chi connectivity index (χ0n) is 10.6. The molecule has 2 nitrogen and oxygen atoms in total. The molecular formula is C14H22N2. The first-order valence-corrected chi connectivity index (χ1v) is 6.00. The van der Waals surface area contributed by atoms with E-state index in [2.05, 4.69) is 43.7 Å². The van der Waals surface area contributed by atoms with Crippen molar-refractivity contribution in [2.45, 2.75) is 39.7 Å². The van der Waals surface area contributed by atoms with Crippen molar-refractivity contribution >= 4 is 0 Å². The first-order valence-electron chi connectivity index (χ1n) is 6.00. The Bertz CT molecular complexity index is 344. The zero-order valence-corrected chi connectivity index (χ0v) is 10.6. The summed E-state index contributed by atoms with van der Waals surface area (Å²) in [6, 6.07) is 4.51. The molecule has 0 aliphatic carbocycles. The van der Waals surface area contributed by atoms with E-state index in [1.807, 2.05) is 12.3 Å². The molecular weight excluding hydrogens is 196 g/mol. The van der Waals surface area contributed by atoms with Crippen molar-refractivity contribution in [2.75, 3.05) is 6.54 Å². The molecule has 88 valence electrons. The number of pyridine rings is 1. The maximum Gasteiger partial charge on any atom is 0.0420 e. The van der Waals surface area contributed by atoms with Crippen molar-refractivity contribution in [3.63, 3.8) is 0 Å². The number of aromatic nitrogens is 1. The van der Waals surface area contributed by atoms with Crippen LogP contribution in [0.15, 0.2) is 30.5 Å². The van der Waals surface area contributed by atoms with Gasteiger partial charge in [0.15, 0.2) is 0 Å². The van der Waals surface area contributed by atoms with Crippen molar-refractivity contribution in [2.24, 2.45) is 0 Å². The molecule has 0 saturated heterocycles. The predicted octanol–water partition coefficient (Wildman–Crippen LogP) is 3.40. The third-order valence-corrected chi connectivity index (χ3v) is 2.87. The Balaban J connectivity index is 2.85. The van der Waals surface area contributed by atoms with Crippen LogP contribution in [0.1, 0.15) is 44.0 Å². The van der Waals surface area contributed by atoms with Gasteiger partial charge in [-0.1, -0.05) is 32.1 Å². The molecule has 0 fully saturated rings. The first kappa shape index (κ1) is 12.9. The van der Waals surface area contributed by atoms with E-state index in [0.717, 1.165) is 25.1 Å². The standard InChI is InChI=1S/C14H22N2/c1-5-11(3)10-14(15-6-2)13-8-7-9-16-12(13)4/h7-9,14-15H,3,5-6,10H2,1-2,4H3. The first-order chi connectivity index (χ1) is 7.69. The summed E-state index contributed by atoms with van der Waals surface area (Å²) in [4.78, 5) is 4.35. The summed E-state index contributed by atoms with van der Waals surface area (Å²) in [7, 11) is 0. The molecule has 0 aliphatic rings. The summed E-state index contributed by atoms with van der Waals surface area (Å²) in [5.74, 6) is 0. The Morgan fingerprint density at radius 3 is 2.81 bits per heavy atom. The summed E-state index contributed by atoms with van der Waals surface area (Å²) in [6.45, 7) is 11.4. The highest BCUT2D eigenvalue weighted by atomic mass is 14.9. The van der Waals surface area contributed by atoms with Crippen LogP contribution < -0.4 is 5.32 Å². The van der Waals surface area contributed by atoms with Gasteiger partial charge < -0.3 is 5.32 Å². The fourth-order valence-electron chi connectivity index (χ4n) is 1.84. The highest BCUT2D eigenvalue weighted by Crippen LogP contribution is 2.23. The van der Waals surface area contributed by atoms with Gasteiger partial charge in [-0.2, -0.15) is 0 Å². The number of hydrogen-bond donors (Lipinski definition) is 1. The Morgan fingerprint density at radius 2 is 2.25 bits per heavy atom. The molecule has 0 aliphatic heterocycles. The summed E-state index contributed by atoms with van der Waals surface area (Å²) in [6.07, 6.45) is 3.88. The molecule has 1 heterocycles. The summed E-state index contributed by atoms with van der Waals surface area (Å²) >= 11 is 0. The monoisotopic (exact) mass is 218 g/mol. The van der Waals surface area contributed by atoms with E-state index in [0.29, 0.717) is 6.04 Å². The third kappa shape index (κ3) is 3.46. The average Bonchev–Trinajstić information content (AvgIpc) is 2.29. The fraction of sp³-hybridized carbons (Fsp3) is 0.500. The largest absolute Gasteiger partial charge is 0.310 e. The van der Waals surface area contributed by atoms with Gasteiger partial charge >= 0.3 is 0 Å². The molecule has 0 aromatic carbocycles. The Kier molecular flexibility index (Phi) is 5.20. The van der Waals surface area contributed by atoms with Gasteiger partial charge in [-0.3, -0.25) is 4.98 Å². The Labute approximate surface area is 98.8 Å². The van der Waals surface area contributed by atoms with Crippen LogP contribution >= 0.6 is 0 Å². The van der Waals surface area contributed by atoms with Gasteiger partial charge in [0.2, 0.25) is 0 Å². The lowest BCUT2D eigenvalue weighted by Gasteiger charge is -2.20. The van der Waals surface area contributed by atoms with Gasteiger partial charge in [0.05, 0.1) is 0 Å². The summed E-state index contributed by atoms with van der Waals surface area (Å²) in [5, 5.41) is 3.50. The Morgan fingerprint density at radius 1 is 1.50 bits per heavy atom. The van der Waals surface area contributed by atoms with Gasteiger partial charge in [-0.15, -0.1) is 0 Å². The van der Waals surface area contributed by atoms with Crippen LogP contribution in [-0.2, 0) is 0 Å². The van der Waals surface area contributed by atoms with E-state index in [9.17, 15) is 0 Å². The fourth-order valence-corrected chi connectivity index (χ4v) is 1.84. The van der Waals surface area contributed by atoms with E-state index in [-0.39, 0.29) is 0 Å². The minimum absolute atomic E-state index is 0.353. The Hall–Kier alpha value is -1.15. The van der Waals surface area contributed by atoms with Crippen molar-refractivity contribution in [1.29, 1.82) is 0 Å². The molecule has 1 aromatic rings. The van der Waals surface area contributed by atoms with Crippen molar-refractivity contribution in [1.82, 2.24) is 10.3 Å². The van der Waals surface area contributed by atoms with Crippen LogP contribution in [-0.4, -0.2) is 11.5 Å². The van der Waals surface area contributed by atoms with Crippen molar-refractivity contribution < 1.29 is 0 Å². The molecule has 0 amide bonds. The smallest absolute Gasteiger partial charge is 0.0420 e. The highest BCUT2D eigenvalue weighted by molar-refractivity contribution is 5.24. The van der Waals surface area contributed by atoms with Crippen LogP contribution in [0, 0.1) is 6.92 Å². The second-order valence-corrected chi connectivity index (χ2v) is 4.10.